The largest absolute Gasteiger partial charge is 0.496 e. The van der Waals surface area contributed by atoms with E-state index in [4.69, 9.17) is 25.5 Å². The third-order valence-electron chi connectivity index (χ3n) is 3.79. The van der Waals surface area contributed by atoms with E-state index in [-0.39, 0.29) is 17.9 Å². The first kappa shape index (κ1) is 19.3. The fourth-order valence-electron chi connectivity index (χ4n) is 2.42. The number of hydrogen-bond donors (Lipinski definition) is 2. The van der Waals surface area contributed by atoms with Gasteiger partial charge in [0.15, 0.2) is 5.76 Å². The van der Waals surface area contributed by atoms with Crippen molar-refractivity contribution in [3.63, 3.8) is 0 Å². The molecule has 2 amide bonds. The molecule has 144 valence electrons. The predicted octanol–water partition coefficient (Wildman–Crippen LogP) is 3.60. The lowest BCUT2D eigenvalue weighted by molar-refractivity contribution is 0.0827. The van der Waals surface area contributed by atoms with Crippen molar-refractivity contribution in [1.29, 1.82) is 0 Å². The number of rotatable bonds is 6. The summed E-state index contributed by atoms with van der Waals surface area (Å²) in [7, 11) is 1.43. The number of nitrogens with one attached hydrogen (secondary N) is 2. The Morgan fingerprint density at radius 2 is 1.79 bits per heavy atom. The number of carbonyl (C=O) groups is 2. The molecule has 0 aliphatic rings. The number of ether oxygens (including phenoxy) is 2. The van der Waals surface area contributed by atoms with Gasteiger partial charge in [0.25, 0.3) is 5.91 Å². The average Bonchev–Trinajstić information content (AvgIpc) is 3.19. The first-order valence-corrected chi connectivity index (χ1v) is 8.64. The van der Waals surface area contributed by atoms with E-state index in [0.717, 1.165) is 0 Å². The van der Waals surface area contributed by atoms with Gasteiger partial charge in [-0.1, -0.05) is 29.8 Å². The summed E-state index contributed by atoms with van der Waals surface area (Å²) in [6.45, 7) is 0.138. The molecule has 0 atom stereocenters. The van der Waals surface area contributed by atoms with Crippen LogP contribution in [0.5, 0.6) is 11.5 Å². The second-order valence-corrected chi connectivity index (χ2v) is 6.07. The van der Waals surface area contributed by atoms with Gasteiger partial charge < -0.3 is 13.9 Å². The van der Waals surface area contributed by atoms with Gasteiger partial charge in [-0.15, -0.1) is 0 Å². The third kappa shape index (κ3) is 4.63. The maximum absolute atomic E-state index is 12.4. The minimum absolute atomic E-state index is 0.0364. The Morgan fingerprint density at radius 3 is 2.54 bits per heavy atom. The standard InChI is InChI=1S/C20H17ClN2O5/c1-26-17-8-7-14(21)11-16(17)19(24)22-23-20(25)18-13(9-10-27-18)12-28-15-5-3-2-4-6-15/h2-11H,12H2,1H3,(H,22,24)(H,23,25). The van der Waals surface area contributed by atoms with Crippen LogP contribution < -0.4 is 20.3 Å². The molecule has 0 unspecified atom stereocenters. The second kappa shape index (κ2) is 8.96. The van der Waals surface area contributed by atoms with E-state index >= 15 is 0 Å². The molecule has 2 aromatic carbocycles. The van der Waals surface area contributed by atoms with Crippen LogP contribution in [0.4, 0.5) is 0 Å². The van der Waals surface area contributed by atoms with E-state index in [1.807, 2.05) is 18.2 Å². The molecule has 0 bridgehead atoms. The Balaban J connectivity index is 1.62. The van der Waals surface area contributed by atoms with E-state index in [1.54, 1.807) is 30.3 Å². The number of para-hydroxylation sites is 1. The Hall–Kier alpha value is -3.45. The van der Waals surface area contributed by atoms with Gasteiger partial charge in [-0.05, 0) is 36.4 Å². The molecule has 0 aliphatic carbocycles. The molecule has 0 radical (unpaired) electrons. The van der Waals surface area contributed by atoms with Crippen molar-refractivity contribution in [2.75, 3.05) is 7.11 Å². The van der Waals surface area contributed by atoms with Crippen LogP contribution in [0.15, 0.2) is 65.3 Å². The van der Waals surface area contributed by atoms with E-state index in [9.17, 15) is 9.59 Å². The van der Waals surface area contributed by atoms with Gasteiger partial charge in [0.2, 0.25) is 0 Å². The molecule has 1 heterocycles. The molecule has 0 saturated heterocycles. The molecule has 1 aromatic heterocycles. The molecule has 0 saturated carbocycles. The van der Waals surface area contributed by atoms with Gasteiger partial charge in [-0.3, -0.25) is 20.4 Å². The van der Waals surface area contributed by atoms with Crippen molar-refractivity contribution >= 4 is 23.4 Å². The molecule has 8 heteroatoms. The highest BCUT2D eigenvalue weighted by atomic mass is 35.5. The first-order chi connectivity index (χ1) is 13.6. The lowest BCUT2D eigenvalue weighted by Crippen LogP contribution is -2.42. The number of benzene rings is 2. The summed E-state index contributed by atoms with van der Waals surface area (Å²) in [6.07, 6.45) is 1.38. The van der Waals surface area contributed by atoms with Crippen molar-refractivity contribution in [1.82, 2.24) is 10.9 Å². The van der Waals surface area contributed by atoms with Crippen molar-refractivity contribution in [3.8, 4) is 11.5 Å². The maximum Gasteiger partial charge on any atom is 0.305 e. The summed E-state index contributed by atoms with van der Waals surface area (Å²) in [4.78, 5) is 24.7. The molecule has 3 rings (SSSR count). The summed E-state index contributed by atoms with van der Waals surface area (Å²) in [5, 5.41) is 0.364. The van der Waals surface area contributed by atoms with Crippen molar-refractivity contribution in [3.05, 3.63) is 82.8 Å². The van der Waals surface area contributed by atoms with Gasteiger partial charge in [0, 0.05) is 10.6 Å². The van der Waals surface area contributed by atoms with E-state index in [0.29, 0.717) is 22.1 Å². The lowest BCUT2D eigenvalue weighted by Gasteiger charge is -2.11. The van der Waals surface area contributed by atoms with Crippen molar-refractivity contribution in [2.24, 2.45) is 0 Å². The van der Waals surface area contributed by atoms with Gasteiger partial charge in [0.1, 0.15) is 18.1 Å². The molecule has 0 spiro atoms. The minimum atomic E-state index is -0.619. The number of halogens is 1. The summed E-state index contributed by atoms with van der Waals surface area (Å²) in [6, 6.07) is 15.4. The zero-order valence-electron chi connectivity index (χ0n) is 14.9. The highest BCUT2D eigenvalue weighted by molar-refractivity contribution is 6.31. The Morgan fingerprint density at radius 1 is 1.04 bits per heavy atom. The van der Waals surface area contributed by atoms with Gasteiger partial charge in [-0.25, -0.2) is 0 Å². The Labute approximate surface area is 166 Å². The first-order valence-electron chi connectivity index (χ1n) is 8.27. The van der Waals surface area contributed by atoms with Gasteiger partial charge in [-0.2, -0.15) is 0 Å². The lowest BCUT2D eigenvalue weighted by atomic mass is 10.2. The number of amides is 2. The fourth-order valence-corrected chi connectivity index (χ4v) is 2.59. The number of furan rings is 1. The van der Waals surface area contributed by atoms with Crippen molar-refractivity contribution in [2.45, 2.75) is 6.61 Å². The molecule has 2 N–H and O–H groups in total. The molecular formula is C20H17ClN2O5. The van der Waals surface area contributed by atoms with Crippen LogP contribution in [-0.2, 0) is 6.61 Å². The highest BCUT2D eigenvalue weighted by Gasteiger charge is 2.18. The minimum Gasteiger partial charge on any atom is -0.496 e. The van der Waals surface area contributed by atoms with Gasteiger partial charge in [0.05, 0.1) is 18.9 Å². The average molecular weight is 401 g/mol. The molecule has 7 nitrogen and oxygen atoms in total. The molecule has 3 aromatic rings. The second-order valence-electron chi connectivity index (χ2n) is 5.63. The Kier molecular flexibility index (Phi) is 6.18. The molecule has 0 fully saturated rings. The number of carbonyl (C=O) groups excluding carboxylic acids is 2. The number of hydrogen-bond acceptors (Lipinski definition) is 5. The smallest absolute Gasteiger partial charge is 0.305 e. The van der Waals surface area contributed by atoms with Crippen LogP contribution in [0, 0.1) is 0 Å². The summed E-state index contributed by atoms with van der Waals surface area (Å²) in [5.41, 5.74) is 5.34. The quantitative estimate of drug-likeness (QED) is 0.617. The van der Waals surface area contributed by atoms with Crippen LogP contribution in [0.3, 0.4) is 0 Å². The summed E-state index contributed by atoms with van der Waals surface area (Å²) < 4.78 is 16.0. The van der Waals surface area contributed by atoms with E-state index < -0.39 is 11.8 Å². The van der Waals surface area contributed by atoms with E-state index in [2.05, 4.69) is 10.9 Å². The van der Waals surface area contributed by atoms with Crippen LogP contribution >= 0.6 is 11.6 Å². The topological polar surface area (TPSA) is 89.8 Å². The fraction of sp³-hybridized carbons (Fsp3) is 0.100. The van der Waals surface area contributed by atoms with Crippen LogP contribution in [0.2, 0.25) is 5.02 Å². The normalized spacial score (nSPS) is 10.2. The van der Waals surface area contributed by atoms with Crippen LogP contribution in [0.25, 0.3) is 0 Å². The summed E-state index contributed by atoms with van der Waals surface area (Å²) in [5.74, 6) is -0.177. The van der Waals surface area contributed by atoms with Crippen LogP contribution in [0.1, 0.15) is 26.5 Å². The zero-order valence-corrected chi connectivity index (χ0v) is 15.7. The maximum atomic E-state index is 12.4. The summed E-state index contributed by atoms with van der Waals surface area (Å²) >= 11 is 5.92. The van der Waals surface area contributed by atoms with Gasteiger partial charge >= 0.3 is 5.91 Å². The third-order valence-corrected chi connectivity index (χ3v) is 4.02. The number of methoxy groups -OCH3 is 1. The van der Waals surface area contributed by atoms with Crippen molar-refractivity contribution < 1.29 is 23.5 Å². The van der Waals surface area contributed by atoms with Crippen LogP contribution in [-0.4, -0.2) is 18.9 Å². The monoisotopic (exact) mass is 400 g/mol. The highest BCUT2D eigenvalue weighted by Crippen LogP contribution is 2.22. The Bertz CT molecular complexity index is 972. The molecule has 0 aliphatic heterocycles. The number of hydrazine groups is 1. The van der Waals surface area contributed by atoms with E-state index in [1.165, 1.54) is 19.4 Å². The predicted molar refractivity (Wildman–Crippen MR) is 102 cm³/mol. The molecule has 28 heavy (non-hydrogen) atoms. The molecular weight excluding hydrogens is 384 g/mol. The SMILES string of the molecule is COc1ccc(Cl)cc1C(=O)NNC(=O)c1occc1COc1ccccc1. The zero-order chi connectivity index (χ0) is 19.9.